The third-order valence-electron chi connectivity index (χ3n) is 5.01. The second kappa shape index (κ2) is 6.43. The number of rotatable bonds is 3. The summed E-state index contributed by atoms with van der Waals surface area (Å²) in [6.45, 7) is 4.14. The van der Waals surface area contributed by atoms with Crippen LogP contribution in [0.3, 0.4) is 0 Å². The van der Waals surface area contributed by atoms with Crippen LogP contribution >= 0.6 is 15.9 Å². The number of furan rings is 1. The van der Waals surface area contributed by atoms with Gasteiger partial charge >= 0.3 is 0 Å². The molecular weight excluding hydrogens is 414 g/mol. The minimum atomic E-state index is -3.64. The van der Waals surface area contributed by atoms with Crippen LogP contribution in [0.25, 0.3) is 11.0 Å². The molecule has 0 saturated heterocycles. The molecule has 0 unspecified atom stereocenters. The smallest absolute Gasteiger partial charge is 0.261 e. The highest BCUT2D eigenvalue weighted by Crippen LogP contribution is 2.37. The van der Waals surface area contributed by atoms with Crippen LogP contribution in [0.4, 0.5) is 5.69 Å². The molecule has 0 spiro atoms. The van der Waals surface area contributed by atoms with Gasteiger partial charge in [0.2, 0.25) is 0 Å². The van der Waals surface area contributed by atoms with E-state index in [1.807, 2.05) is 19.1 Å². The summed E-state index contributed by atoms with van der Waals surface area (Å²) in [5.41, 5.74) is 3.51. The van der Waals surface area contributed by atoms with E-state index in [0.717, 1.165) is 46.0 Å². The van der Waals surface area contributed by atoms with Crippen LogP contribution in [0, 0.1) is 12.8 Å². The molecule has 4 rings (SSSR count). The standard InChI is InChI=1S/C20H20BrNO3S/c1-12-3-8-19-16(9-12)17-11-18(13(2)10-20(17)25-19)22-26(23,24)15-6-4-14(21)5-7-15/h4-7,10-12,22H,3,8-9H2,1-2H3/t12-/m1/s1. The highest BCUT2D eigenvalue weighted by molar-refractivity contribution is 9.10. The van der Waals surface area contributed by atoms with Gasteiger partial charge in [-0.15, -0.1) is 0 Å². The monoisotopic (exact) mass is 433 g/mol. The van der Waals surface area contributed by atoms with Crippen molar-refractivity contribution in [3.05, 3.63) is 57.8 Å². The minimum absolute atomic E-state index is 0.239. The van der Waals surface area contributed by atoms with Crippen LogP contribution in [0.15, 0.2) is 50.2 Å². The normalized spacial score (nSPS) is 17.3. The van der Waals surface area contributed by atoms with Crippen molar-refractivity contribution >= 4 is 42.6 Å². The van der Waals surface area contributed by atoms with Gasteiger partial charge in [-0.05, 0) is 67.6 Å². The molecule has 1 aliphatic carbocycles. The lowest BCUT2D eigenvalue weighted by Gasteiger charge is -2.17. The Morgan fingerprint density at radius 1 is 1.19 bits per heavy atom. The summed E-state index contributed by atoms with van der Waals surface area (Å²) in [5, 5.41) is 1.02. The van der Waals surface area contributed by atoms with Gasteiger partial charge in [-0.25, -0.2) is 8.42 Å². The molecule has 0 radical (unpaired) electrons. The molecule has 0 fully saturated rings. The van der Waals surface area contributed by atoms with Gasteiger partial charge in [0.1, 0.15) is 11.3 Å². The molecule has 0 bridgehead atoms. The van der Waals surface area contributed by atoms with Gasteiger partial charge in [0, 0.05) is 21.8 Å². The fraction of sp³-hybridized carbons (Fsp3) is 0.300. The Morgan fingerprint density at radius 2 is 1.92 bits per heavy atom. The van der Waals surface area contributed by atoms with Gasteiger partial charge < -0.3 is 4.42 Å². The second-order valence-corrected chi connectivity index (χ2v) is 9.67. The first-order chi connectivity index (χ1) is 12.3. The Hall–Kier alpha value is -1.79. The largest absolute Gasteiger partial charge is 0.461 e. The lowest BCUT2D eigenvalue weighted by atomic mass is 9.88. The molecule has 1 heterocycles. The Balaban J connectivity index is 1.75. The predicted molar refractivity (Wildman–Crippen MR) is 107 cm³/mol. The van der Waals surface area contributed by atoms with Crippen molar-refractivity contribution in [2.75, 3.05) is 4.72 Å². The summed E-state index contributed by atoms with van der Waals surface area (Å²) in [7, 11) is -3.64. The Kier molecular flexibility index (Phi) is 4.35. The van der Waals surface area contributed by atoms with Gasteiger partial charge in [-0.2, -0.15) is 0 Å². The number of hydrogen-bond acceptors (Lipinski definition) is 3. The Labute approximate surface area is 161 Å². The van der Waals surface area contributed by atoms with Crippen molar-refractivity contribution in [2.45, 2.75) is 38.0 Å². The summed E-state index contributed by atoms with van der Waals surface area (Å²) in [6, 6.07) is 10.5. The molecule has 26 heavy (non-hydrogen) atoms. The molecule has 0 aliphatic heterocycles. The molecule has 1 N–H and O–H groups in total. The summed E-state index contributed by atoms with van der Waals surface area (Å²) in [4.78, 5) is 0.239. The van der Waals surface area contributed by atoms with E-state index in [9.17, 15) is 8.42 Å². The van der Waals surface area contributed by atoms with Crippen LogP contribution in [0.5, 0.6) is 0 Å². The zero-order valence-corrected chi connectivity index (χ0v) is 17.1. The average molecular weight is 434 g/mol. The lowest BCUT2D eigenvalue weighted by molar-refractivity contribution is 0.438. The predicted octanol–water partition coefficient (Wildman–Crippen LogP) is 5.43. The third kappa shape index (κ3) is 3.16. The minimum Gasteiger partial charge on any atom is -0.461 e. The number of sulfonamides is 1. The molecule has 4 nitrogen and oxygen atoms in total. The maximum absolute atomic E-state index is 12.7. The van der Waals surface area contributed by atoms with Crippen molar-refractivity contribution < 1.29 is 12.8 Å². The van der Waals surface area contributed by atoms with E-state index in [0.29, 0.717) is 11.6 Å². The van der Waals surface area contributed by atoms with Crippen LogP contribution < -0.4 is 4.72 Å². The van der Waals surface area contributed by atoms with Crippen LogP contribution in [0.1, 0.15) is 30.2 Å². The highest BCUT2D eigenvalue weighted by atomic mass is 79.9. The fourth-order valence-electron chi connectivity index (χ4n) is 3.53. The molecule has 6 heteroatoms. The molecule has 1 aliphatic rings. The van der Waals surface area contributed by atoms with E-state index in [1.54, 1.807) is 24.3 Å². The molecule has 1 atom stereocenters. The van der Waals surface area contributed by atoms with Crippen molar-refractivity contribution in [1.29, 1.82) is 0 Å². The molecule has 3 aromatic rings. The van der Waals surface area contributed by atoms with Gasteiger partial charge in [0.05, 0.1) is 10.6 Å². The zero-order valence-electron chi connectivity index (χ0n) is 14.7. The number of anilines is 1. The number of hydrogen-bond donors (Lipinski definition) is 1. The maximum Gasteiger partial charge on any atom is 0.261 e. The van der Waals surface area contributed by atoms with Crippen LogP contribution in [-0.4, -0.2) is 8.42 Å². The Morgan fingerprint density at radius 3 is 2.65 bits per heavy atom. The molecule has 1 aromatic heterocycles. The van der Waals surface area contributed by atoms with Crippen LogP contribution in [0.2, 0.25) is 0 Å². The van der Waals surface area contributed by atoms with E-state index in [-0.39, 0.29) is 4.90 Å². The van der Waals surface area contributed by atoms with E-state index in [4.69, 9.17) is 4.42 Å². The first-order valence-electron chi connectivity index (χ1n) is 8.67. The number of nitrogens with one attached hydrogen (secondary N) is 1. The summed E-state index contributed by atoms with van der Waals surface area (Å²) >= 11 is 3.33. The molecular formula is C20H20BrNO3S. The van der Waals surface area contributed by atoms with E-state index < -0.39 is 10.0 Å². The molecule has 0 amide bonds. The van der Waals surface area contributed by atoms with Crippen LogP contribution in [-0.2, 0) is 22.9 Å². The topological polar surface area (TPSA) is 59.3 Å². The average Bonchev–Trinajstić information content (AvgIpc) is 2.92. The molecule has 136 valence electrons. The SMILES string of the molecule is Cc1cc2oc3c(c2cc1NS(=O)(=O)c1ccc(Br)cc1)C[C@H](C)CC3. The van der Waals surface area contributed by atoms with E-state index >= 15 is 0 Å². The summed E-state index contributed by atoms with van der Waals surface area (Å²) in [5.74, 6) is 1.66. The maximum atomic E-state index is 12.7. The van der Waals surface area contributed by atoms with Gasteiger partial charge in [-0.3, -0.25) is 4.72 Å². The Bertz CT molecular complexity index is 1080. The summed E-state index contributed by atoms with van der Waals surface area (Å²) < 4.78 is 35.1. The van der Waals surface area contributed by atoms with Crippen molar-refractivity contribution in [3.8, 4) is 0 Å². The molecule has 2 aromatic carbocycles. The quantitative estimate of drug-likeness (QED) is 0.598. The van der Waals surface area contributed by atoms with Gasteiger partial charge in [0.25, 0.3) is 10.0 Å². The number of aryl methyl sites for hydroxylation is 2. The number of fused-ring (bicyclic) bond motifs is 3. The number of halogens is 1. The van der Waals surface area contributed by atoms with Crippen molar-refractivity contribution in [2.24, 2.45) is 5.92 Å². The molecule has 0 saturated carbocycles. The van der Waals surface area contributed by atoms with Crippen molar-refractivity contribution in [3.63, 3.8) is 0 Å². The lowest BCUT2D eigenvalue weighted by Crippen LogP contribution is -2.13. The van der Waals surface area contributed by atoms with E-state index in [1.165, 1.54) is 5.56 Å². The fourth-order valence-corrected chi connectivity index (χ4v) is 4.91. The highest BCUT2D eigenvalue weighted by Gasteiger charge is 2.23. The number of benzene rings is 2. The summed E-state index contributed by atoms with van der Waals surface area (Å²) in [6.07, 6.45) is 3.06. The first-order valence-corrected chi connectivity index (χ1v) is 10.9. The zero-order chi connectivity index (χ0) is 18.5. The third-order valence-corrected chi connectivity index (χ3v) is 6.92. The van der Waals surface area contributed by atoms with Gasteiger partial charge in [-0.1, -0.05) is 22.9 Å². The first kappa shape index (κ1) is 17.6. The second-order valence-electron chi connectivity index (χ2n) is 7.07. The van der Waals surface area contributed by atoms with Gasteiger partial charge in [0.15, 0.2) is 0 Å². The van der Waals surface area contributed by atoms with Crippen molar-refractivity contribution in [1.82, 2.24) is 0 Å². The van der Waals surface area contributed by atoms with E-state index in [2.05, 4.69) is 27.6 Å².